The molecule has 2 aromatic carbocycles. The van der Waals surface area contributed by atoms with Crippen LogP contribution in [0.4, 0.5) is 4.79 Å². The van der Waals surface area contributed by atoms with E-state index in [2.05, 4.69) is 15.3 Å². The molecule has 0 fully saturated rings. The molecule has 0 aliphatic rings. The number of amides is 1. The number of rotatable bonds is 10. The van der Waals surface area contributed by atoms with Crippen molar-refractivity contribution in [3.63, 3.8) is 0 Å². The fraction of sp³-hybridized carbons (Fsp3) is 0.300. The number of carbonyl (C=O) groups excluding carboxylic acids is 1. The molecule has 0 aliphatic heterocycles. The Morgan fingerprint density at radius 3 is 2.41 bits per heavy atom. The van der Waals surface area contributed by atoms with Gasteiger partial charge in [-0.3, -0.25) is 0 Å². The lowest BCUT2D eigenvalue weighted by molar-refractivity contribution is 0.171. The zero-order valence-corrected chi connectivity index (χ0v) is 17.2. The van der Waals surface area contributed by atoms with Crippen molar-refractivity contribution in [2.75, 3.05) is 34.5 Å². The molecule has 0 unspecified atom stereocenters. The quantitative estimate of drug-likeness (QED) is 0.355. The summed E-state index contributed by atoms with van der Waals surface area (Å²) in [7, 11) is 4.36. The highest BCUT2D eigenvalue weighted by molar-refractivity contribution is 6.32. The highest BCUT2D eigenvalue weighted by Gasteiger charge is 2.12. The summed E-state index contributed by atoms with van der Waals surface area (Å²) in [6.45, 7) is 0.826. The van der Waals surface area contributed by atoms with Gasteiger partial charge in [-0.25, -0.2) is 10.2 Å². The lowest BCUT2D eigenvalue weighted by Gasteiger charge is -2.14. The van der Waals surface area contributed by atoms with Gasteiger partial charge in [0.25, 0.3) is 0 Å². The van der Waals surface area contributed by atoms with Gasteiger partial charge in [-0.1, -0.05) is 23.7 Å². The third kappa shape index (κ3) is 6.76. The normalized spacial score (nSPS) is 10.5. The number of carbonyl (C=O) groups is 1. The number of nitrogens with zero attached hydrogens (tertiary/aromatic N) is 1. The fourth-order valence-corrected chi connectivity index (χ4v) is 2.59. The van der Waals surface area contributed by atoms with Crippen molar-refractivity contribution in [1.29, 1.82) is 0 Å². The Labute approximate surface area is 174 Å². The third-order valence-electron chi connectivity index (χ3n) is 3.67. The van der Waals surface area contributed by atoms with Crippen molar-refractivity contribution in [1.82, 2.24) is 5.43 Å². The Hall–Kier alpha value is -3.13. The summed E-state index contributed by atoms with van der Waals surface area (Å²) in [5.41, 5.74) is 2.81. The Kier molecular flexibility index (Phi) is 8.91. The number of ether oxygens (including phenoxy) is 5. The molecule has 0 radical (unpaired) electrons. The second-order valence-corrected chi connectivity index (χ2v) is 6.00. The molecule has 0 saturated heterocycles. The molecule has 8 nitrogen and oxygen atoms in total. The predicted molar refractivity (Wildman–Crippen MR) is 110 cm³/mol. The van der Waals surface area contributed by atoms with Crippen LogP contribution in [-0.2, 0) is 4.74 Å². The molecule has 0 spiro atoms. The Morgan fingerprint density at radius 1 is 1.03 bits per heavy atom. The zero-order valence-electron chi connectivity index (χ0n) is 16.4. The molecule has 29 heavy (non-hydrogen) atoms. The van der Waals surface area contributed by atoms with E-state index >= 15 is 0 Å². The van der Waals surface area contributed by atoms with Crippen LogP contribution in [0.25, 0.3) is 0 Å². The summed E-state index contributed by atoms with van der Waals surface area (Å²) < 4.78 is 26.5. The molecule has 2 rings (SSSR count). The maximum absolute atomic E-state index is 11.0. The number of hydrazone groups is 1. The van der Waals surface area contributed by atoms with E-state index < -0.39 is 6.09 Å². The smallest absolute Gasteiger partial charge is 0.427 e. The molecule has 1 N–H and O–H groups in total. The van der Waals surface area contributed by atoms with Crippen molar-refractivity contribution in [3.05, 3.63) is 47.0 Å². The number of benzene rings is 2. The van der Waals surface area contributed by atoms with Gasteiger partial charge in [0.2, 0.25) is 0 Å². The Bertz CT molecular complexity index is 844. The molecule has 0 bridgehead atoms. The first-order valence-electron chi connectivity index (χ1n) is 8.72. The average Bonchev–Trinajstić information content (AvgIpc) is 2.74. The maximum Gasteiger partial charge on any atom is 0.427 e. The summed E-state index contributed by atoms with van der Waals surface area (Å²) in [6.07, 6.45) is 1.37. The van der Waals surface area contributed by atoms with Crippen LogP contribution in [-0.4, -0.2) is 46.9 Å². The molecular formula is C20H23ClN2O6. The first-order valence-corrected chi connectivity index (χ1v) is 9.10. The van der Waals surface area contributed by atoms with E-state index in [-0.39, 0.29) is 0 Å². The largest absolute Gasteiger partial charge is 0.493 e. The third-order valence-corrected chi connectivity index (χ3v) is 3.95. The van der Waals surface area contributed by atoms with Gasteiger partial charge < -0.3 is 23.7 Å². The SMILES string of the molecule is COC(=O)N/N=C/c1cc(Cl)c(OCCCOc2ccccc2OC)c(OC)c1. The van der Waals surface area contributed by atoms with Crippen molar-refractivity contribution < 1.29 is 28.5 Å². The first-order chi connectivity index (χ1) is 14.1. The highest BCUT2D eigenvalue weighted by atomic mass is 35.5. The molecule has 2 aromatic rings. The van der Waals surface area contributed by atoms with Crippen LogP contribution in [0.1, 0.15) is 12.0 Å². The summed E-state index contributed by atoms with van der Waals surface area (Å²) in [6, 6.07) is 10.8. The minimum absolute atomic E-state index is 0.356. The van der Waals surface area contributed by atoms with Crippen molar-refractivity contribution in [2.24, 2.45) is 5.10 Å². The average molecular weight is 423 g/mol. The number of methoxy groups -OCH3 is 3. The monoisotopic (exact) mass is 422 g/mol. The van der Waals surface area contributed by atoms with Gasteiger partial charge in [-0.2, -0.15) is 5.10 Å². The van der Waals surface area contributed by atoms with E-state index in [4.69, 9.17) is 30.5 Å². The van der Waals surface area contributed by atoms with Gasteiger partial charge in [0, 0.05) is 6.42 Å². The number of nitrogens with one attached hydrogen (secondary N) is 1. The van der Waals surface area contributed by atoms with Gasteiger partial charge >= 0.3 is 6.09 Å². The minimum Gasteiger partial charge on any atom is -0.493 e. The van der Waals surface area contributed by atoms with Gasteiger partial charge in [-0.15, -0.1) is 0 Å². The summed E-state index contributed by atoms with van der Waals surface area (Å²) in [4.78, 5) is 11.0. The highest BCUT2D eigenvalue weighted by Crippen LogP contribution is 2.36. The first kappa shape index (κ1) is 22.2. The van der Waals surface area contributed by atoms with Crippen LogP contribution in [0, 0.1) is 0 Å². The van der Waals surface area contributed by atoms with Gasteiger partial charge in [0.05, 0.1) is 45.8 Å². The van der Waals surface area contributed by atoms with E-state index in [0.717, 1.165) is 0 Å². The topological polar surface area (TPSA) is 87.6 Å². The molecule has 0 heterocycles. The van der Waals surface area contributed by atoms with Crippen LogP contribution in [0.2, 0.25) is 5.02 Å². The van der Waals surface area contributed by atoms with Crippen molar-refractivity contribution in [3.8, 4) is 23.0 Å². The zero-order chi connectivity index (χ0) is 21.1. The summed E-state index contributed by atoms with van der Waals surface area (Å²) in [5, 5.41) is 4.11. The van der Waals surface area contributed by atoms with Gasteiger partial charge in [-0.05, 0) is 29.8 Å². The lowest BCUT2D eigenvalue weighted by Crippen LogP contribution is -2.16. The van der Waals surface area contributed by atoms with Crippen LogP contribution in [0.3, 0.4) is 0 Å². The Balaban J connectivity index is 1.90. The number of halogens is 1. The predicted octanol–water partition coefficient (Wildman–Crippen LogP) is 3.90. The molecule has 0 atom stereocenters. The van der Waals surface area contributed by atoms with E-state index in [9.17, 15) is 4.79 Å². The van der Waals surface area contributed by atoms with Crippen LogP contribution < -0.4 is 24.4 Å². The van der Waals surface area contributed by atoms with Crippen LogP contribution >= 0.6 is 11.6 Å². The lowest BCUT2D eigenvalue weighted by atomic mass is 10.2. The molecule has 1 amide bonds. The number of hydrogen-bond donors (Lipinski definition) is 1. The van der Waals surface area contributed by atoms with Crippen LogP contribution in [0.15, 0.2) is 41.5 Å². The molecule has 0 saturated carbocycles. The maximum atomic E-state index is 11.0. The standard InChI is InChI=1S/C20H23ClN2O6/c1-25-16-7-4-5-8-17(16)28-9-6-10-29-19-15(21)11-14(12-18(19)26-2)13-22-23-20(24)27-3/h4-5,7-8,11-13H,6,9-10H2,1-3H3,(H,23,24)/b22-13+. The number of para-hydroxylation sites is 2. The number of hydrogen-bond acceptors (Lipinski definition) is 7. The molecule has 0 aromatic heterocycles. The van der Waals surface area contributed by atoms with E-state index in [0.29, 0.717) is 53.2 Å². The molecular weight excluding hydrogens is 400 g/mol. The van der Waals surface area contributed by atoms with Gasteiger partial charge in [0.15, 0.2) is 23.0 Å². The Morgan fingerprint density at radius 2 is 1.72 bits per heavy atom. The van der Waals surface area contributed by atoms with Gasteiger partial charge in [0.1, 0.15) is 0 Å². The summed E-state index contributed by atoms with van der Waals surface area (Å²) >= 11 is 6.30. The molecule has 0 aliphatic carbocycles. The second-order valence-electron chi connectivity index (χ2n) is 5.60. The summed E-state index contributed by atoms with van der Waals surface area (Å²) in [5.74, 6) is 2.22. The minimum atomic E-state index is -0.672. The second kappa shape index (κ2) is 11.7. The van der Waals surface area contributed by atoms with Crippen molar-refractivity contribution >= 4 is 23.9 Å². The van der Waals surface area contributed by atoms with E-state index in [1.807, 2.05) is 24.3 Å². The molecule has 156 valence electrons. The van der Waals surface area contributed by atoms with Crippen LogP contribution in [0.5, 0.6) is 23.0 Å². The molecule has 9 heteroatoms. The van der Waals surface area contributed by atoms with E-state index in [1.165, 1.54) is 20.4 Å². The fourth-order valence-electron chi connectivity index (χ4n) is 2.31. The van der Waals surface area contributed by atoms with Crippen molar-refractivity contribution in [2.45, 2.75) is 6.42 Å². The van der Waals surface area contributed by atoms with E-state index in [1.54, 1.807) is 19.2 Å².